The molecule has 2 N–H and O–H groups in total. The van der Waals surface area contributed by atoms with Crippen molar-refractivity contribution in [3.63, 3.8) is 0 Å². The van der Waals surface area contributed by atoms with Crippen LogP contribution in [-0.2, 0) is 17.8 Å². The highest BCUT2D eigenvalue weighted by Crippen LogP contribution is 2.39. The smallest absolute Gasteiger partial charge is 0.0761 e. The third-order valence-electron chi connectivity index (χ3n) is 5.88. The summed E-state index contributed by atoms with van der Waals surface area (Å²) in [5.41, 5.74) is 2.20. The minimum absolute atomic E-state index is 0.00766. The fourth-order valence-electron chi connectivity index (χ4n) is 4.18. The van der Waals surface area contributed by atoms with Gasteiger partial charge in [-0.25, -0.2) is 0 Å². The molecule has 1 aromatic rings. The molecule has 1 aliphatic carbocycles. The van der Waals surface area contributed by atoms with Gasteiger partial charge in [0.1, 0.15) is 0 Å². The third kappa shape index (κ3) is 8.55. The van der Waals surface area contributed by atoms with E-state index in [9.17, 15) is 10.2 Å². The first-order valence-electron chi connectivity index (χ1n) is 11.5. The van der Waals surface area contributed by atoms with Gasteiger partial charge >= 0.3 is 0 Å². The molecule has 0 amide bonds. The number of hydrogen-bond acceptors (Lipinski definition) is 3. The number of aliphatic hydroxyl groups is 2. The van der Waals surface area contributed by atoms with E-state index in [-0.39, 0.29) is 17.2 Å². The zero-order chi connectivity index (χ0) is 21.8. The second-order valence-corrected chi connectivity index (χ2v) is 8.94. The molecule has 0 aromatic heterocycles. The highest BCUT2D eigenvalue weighted by atomic mass is 35.5. The summed E-state index contributed by atoms with van der Waals surface area (Å²) in [4.78, 5) is 0. The number of hydrogen-bond donors (Lipinski definition) is 2. The Morgan fingerprint density at radius 3 is 2.77 bits per heavy atom. The monoisotopic (exact) mass is 434 g/mol. The molecule has 2 rings (SSSR count). The molecule has 0 aliphatic heterocycles. The molecule has 1 aromatic carbocycles. The summed E-state index contributed by atoms with van der Waals surface area (Å²) < 4.78 is 5.47. The summed E-state index contributed by atoms with van der Waals surface area (Å²) in [6.45, 7) is 5.48. The molecular formula is C26H39ClO3. The Labute approximate surface area is 187 Å². The van der Waals surface area contributed by atoms with Crippen LogP contribution in [0.15, 0.2) is 48.6 Å². The molecule has 0 bridgehead atoms. The number of unbranched alkanes of at least 4 members (excludes halogenated alkanes) is 3. The second kappa shape index (κ2) is 14.0. The fraction of sp³-hybridized carbons (Fsp3) is 0.615. The van der Waals surface area contributed by atoms with Crippen molar-refractivity contribution < 1.29 is 14.9 Å². The highest BCUT2D eigenvalue weighted by molar-refractivity contribution is 6.21. The van der Waals surface area contributed by atoms with Gasteiger partial charge in [0, 0.05) is 24.3 Å². The molecule has 0 heterocycles. The van der Waals surface area contributed by atoms with E-state index in [4.69, 9.17) is 16.3 Å². The molecule has 0 spiro atoms. The maximum absolute atomic E-state index is 10.5. The summed E-state index contributed by atoms with van der Waals surface area (Å²) in [5, 5.41) is 21.0. The molecule has 0 unspecified atom stereocenters. The van der Waals surface area contributed by atoms with Gasteiger partial charge in [-0.2, -0.15) is 0 Å². The summed E-state index contributed by atoms with van der Waals surface area (Å²) in [6.07, 6.45) is 14.1. The average molecular weight is 435 g/mol. The van der Waals surface area contributed by atoms with E-state index in [0.29, 0.717) is 26.1 Å². The van der Waals surface area contributed by atoms with Crippen molar-refractivity contribution in [3.8, 4) is 0 Å². The number of halogens is 1. The van der Waals surface area contributed by atoms with E-state index in [0.717, 1.165) is 24.0 Å². The second-order valence-electron chi connectivity index (χ2n) is 8.38. The topological polar surface area (TPSA) is 49.7 Å². The van der Waals surface area contributed by atoms with Gasteiger partial charge in [0.25, 0.3) is 0 Å². The van der Waals surface area contributed by atoms with Crippen LogP contribution < -0.4 is 0 Å². The third-order valence-corrected chi connectivity index (χ3v) is 6.39. The zero-order valence-electron chi connectivity index (χ0n) is 18.6. The molecule has 5 atom stereocenters. The predicted octanol–water partition coefficient (Wildman–Crippen LogP) is 5.81. The first kappa shape index (κ1) is 25.1. The lowest BCUT2D eigenvalue weighted by atomic mass is 9.90. The molecule has 3 nitrogen and oxygen atoms in total. The number of rotatable bonds is 13. The van der Waals surface area contributed by atoms with Crippen molar-refractivity contribution in [1.29, 1.82) is 0 Å². The van der Waals surface area contributed by atoms with E-state index < -0.39 is 12.2 Å². The van der Waals surface area contributed by atoms with Crippen LogP contribution in [0.2, 0.25) is 0 Å². The van der Waals surface area contributed by atoms with Gasteiger partial charge in [-0.05, 0) is 49.7 Å². The predicted molar refractivity (Wildman–Crippen MR) is 126 cm³/mol. The Bertz CT molecular complexity index is 657. The van der Waals surface area contributed by atoms with Gasteiger partial charge in [-0.15, -0.1) is 11.6 Å². The largest absolute Gasteiger partial charge is 0.392 e. The van der Waals surface area contributed by atoms with Crippen molar-refractivity contribution in [2.45, 2.75) is 83.0 Å². The standard InChI is InChI=1S/C26H39ClO3/c1-3-5-6-7-8-9-13-23-24(26(29)18-25(23)27)15-14-22(28)17-20-11-10-12-21(16-20)19-30-4-2/h8-12,14-16,22-26,28-29H,3-7,13,17-19H2,1-2H3/b9-8-,15-14+/t22-,23-,24-,25-,26-/m1/s1. The Kier molecular flexibility index (Phi) is 11.8. The maximum atomic E-state index is 10.5. The van der Waals surface area contributed by atoms with Crippen LogP contribution in [0.1, 0.15) is 63.5 Å². The van der Waals surface area contributed by atoms with Gasteiger partial charge in [0.2, 0.25) is 0 Å². The lowest BCUT2D eigenvalue weighted by Gasteiger charge is -2.19. The van der Waals surface area contributed by atoms with Crippen molar-refractivity contribution in [3.05, 3.63) is 59.7 Å². The van der Waals surface area contributed by atoms with Crippen LogP contribution in [0.25, 0.3) is 0 Å². The van der Waals surface area contributed by atoms with Crippen LogP contribution in [0.4, 0.5) is 0 Å². The van der Waals surface area contributed by atoms with Crippen LogP contribution >= 0.6 is 11.6 Å². The first-order valence-corrected chi connectivity index (χ1v) is 12.0. The molecule has 1 aliphatic rings. The minimum atomic E-state index is -0.584. The van der Waals surface area contributed by atoms with Gasteiger partial charge < -0.3 is 14.9 Å². The number of aliphatic hydroxyl groups excluding tert-OH is 2. The fourth-order valence-corrected chi connectivity index (χ4v) is 4.63. The molecule has 1 saturated carbocycles. The van der Waals surface area contributed by atoms with Crippen LogP contribution in [-0.4, -0.2) is 34.4 Å². The molecular weight excluding hydrogens is 396 g/mol. The number of allylic oxidation sites excluding steroid dienone is 2. The van der Waals surface area contributed by atoms with Crippen molar-refractivity contribution in [1.82, 2.24) is 0 Å². The maximum Gasteiger partial charge on any atom is 0.0761 e. The lowest BCUT2D eigenvalue weighted by Crippen LogP contribution is -2.19. The van der Waals surface area contributed by atoms with Crippen LogP contribution in [0, 0.1) is 11.8 Å². The van der Waals surface area contributed by atoms with Crippen LogP contribution in [0.5, 0.6) is 0 Å². The van der Waals surface area contributed by atoms with Crippen LogP contribution in [0.3, 0.4) is 0 Å². The van der Waals surface area contributed by atoms with Gasteiger partial charge in [0.15, 0.2) is 0 Å². The molecule has 4 heteroatoms. The number of benzene rings is 1. The first-order chi connectivity index (χ1) is 14.5. The summed E-state index contributed by atoms with van der Waals surface area (Å²) >= 11 is 6.53. The molecule has 30 heavy (non-hydrogen) atoms. The van der Waals surface area contributed by atoms with E-state index in [1.54, 1.807) is 0 Å². The lowest BCUT2D eigenvalue weighted by molar-refractivity contribution is 0.134. The van der Waals surface area contributed by atoms with E-state index in [1.165, 1.54) is 19.3 Å². The van der Waals surface area contributed by atoms with Gasteiger partial charge in [-0.1, -0.05) is 68.3 Å². The van der Waals surface area contributed by atoms with Gasteiger partial charge in [0.05, 0.1) is 18.8 Å². The van der Waals surface area contributed by atoms with Gasteiger partial charge in [-0.3, -0.25) is 0 Å². The summed E-state index contributed by atoms with van der Waals surface area (Å²) in [5.74, 6) is 0.203. The summed E-state index contributed by atoms with van der Waals surface area (Å²) in [6, 6.07) is 8.15. The molecule has 0 radical (unpaired) electrons. The Morgan fingerprint density at radius 1 is 1.20 bits per heavy atom. The Balaban J connectivity index is 1.90. The van der Waals surface area contributed by atoms with E-state index >= 15 is 0 Å². The number of alkyl halides is 1. The SMILES string of the molecule is CCCCC/C=C\C[C@@H]1[C@@H](/C=C/[C@@H](O)Cc2cccc(COCC)c2)[C@H](O)C[C@H]1Cl. The average Bonchev–Trinajstić information content (AvgIpc) is 3.00. The van der Waals surface area contributed by atoms with E-state index in [1.807, 2.05) is 37.3 Å². The van der Waals surface area contributed by atoms with Crippen molar-refractivity contribution >= 4 is 11.6 Å². The van der Waals surface area contributed by atoms with E-state index in [2.05, 4.69) is 25.1 Å². The highest BCUT2D eigenvalue weighted by Gasteiger charge is 2.39. The Hall–Kier alpha value is -1.13. The summed E-state index contributed by atoms with van der Waals surface area (Å²) in [7, 11) is 0. The number of ether oxygens (including phenoxy) is 1. The minimum Gasteiger partial charge on any atom is -0.392 e. The molecule has 1 fully saturated rings. The molecule has 168 valence electrons. The Morgan fingerprint density at radius 2 is 2.00 bits per heavy atom. The molecule has 0 saturated heterocycles. The zero-order valence-corrected chi connectivity index (χ0v) is 19.3. The van der Waals surface area contributed by atoms with Crippen molar-refractivity contribution in [2.24, 2.45) is 11.8 Å². The quantitative estimate of drug-likeness (QED) is 0.234. The normalized spacial score (nSPS) is 25.5. The van der Waals surface area contributed by atoms with Crippen molar-refractivity contribution in [2.75, 3.05) is 6.61 Å².